The molecule has 114 valence electrons. The van der Waals surface area contributed by atoms with Gasteiger partial charge in [-0.15, -0.1) is 0 Å². The minimum absolute atomic E-state index is 0.240. The molecule has 0 saturated carbocycles. The van der Waals surface area contributed by atoms with E-state index in [9.17, 15) is 0 Å². The van der Waals surface area contributed by atoms with Gasteiger partial charge >= 0.3 is 0 Å². The smallest absolute Gasteiger partial charge is 0.134 e. The number of nitrogens with two attached hydrogens (primary N) is 1. The molecule has 2 N–H and O–H groups in total. The topological polar surface area (TPSA) is 35.2 Å². The quantitative estimate of drug-likeness (QED) is 0.702. The van der Waals surface area contributed by atoms with E-state index >= 15 is 0 Å². The summed E-state index contributed by atoms with van der Waals surface area (Å²) < 4.78 is 6.96. The van der Waals surface area contributed by atoms with Crippen molar-refractivity contribution in [3.8, 4) is 5.75 Å². The largest absolute Gasteiger partial charge is 0.492 e. The van der Waals surface area contributed by atoms with Gasteiger partial charge in [0.1, 0.15) is 5.75 Å². The van der Waals surface area contributed by atoms with Crippen LogP contribution in [-0.4, -0.2) is 13.2 Å². The molecule has 0 heterocycles. The minimum Gasteiger partial charge on any atom is -0.492 e. The van der Waals surface area contributed by atoms with E-state index in [2.05, 4.69) is 54.0 Å². The highest BCUT2D eigenvalue weighted by Crippen LogP contribution is 2.33. The molecular weight excluding hydrogens is 326 g/mol. The average molecular weight is 350 g/mol. The number of rotatable bonds is 7. The van der Waals surface area contributed by atoms with Crippen LogP contribution in [0.4, 0.5) is 0 Å². The molecule has 21 heavy (non-hydrogen) atoms. The summed E-state index contributed by atoms with van der Waals surface area (Å²) >= 11 is 3.65. The van der Waals surface area contributed by atoms with Crippen molar-refractivity contribution in [2.24, 2.45) is 11.1 Å². The van der Waals surface area contributed by atoms with Crippen LogP contribution in [0.15, 0.2) is 40.9 Å². The number of unbranched alkanes of at least 4 members (excludes halogenated alkanes) is 1. The summed E-state index contributed by atoms with van der Waals surface area (Å²) in [7, 11) is 0. The molecule has 2 nitrogen and oxygen atoms in total. The van der Waals surface area contributed by atoms with Crippen LogP contribution < -0.4 is 10.5 Å². The van der Waals surface area contributed by atoms with Gasteiger partial charge in [-0.05, 0) is 64.0 Å². The molecule has 0 fully saturated rings. The molecule has 0 unspecified atom stereocenters. The lowest BCUT2D eigenvalue weighted by Crippen LogP contribution is -2.23. The van der Waals surface area contributed by atoms with Crippen molar-refractivity contribution < 1.29 is 4.74 Å². The first-order valence-corrected chi connectivity index (χ1v) is 8.33. The van der Waals surface area contributed by atoms with Crippen LogP contribution in [0, 0.1) is 5.41 Å². The van der Waals surface area contributed by atoms with Crippen molar-refractivity contribution in [2.75, 3.05) is 13.2 Å². The second-order valence-corrected chi connectivity index (χ2v) is 7.07. The number of fused-ring (bicyclic) bond motifs is 1. The van der Waals surface area contributed by atoms with E-state index in [-0.39, 0.29) is 5.41 Å². The monoisotopic (exact) mass is 349 g/mol. The van der Waals surface area contributed by atoms with Gasteiger partial charge in [0.15, 0.2) is 0 Å². The Balaban J connectivity index is 1.88. The Bertz CT molecular complexity index is 595. The molecule has 0 aliphatic heterocycles. The fraction of sp³-hybridized carbons (Fsp3) is 0.444. The third-order valence-electron chi connectivity index (χ3n) is 3.89. The number of hydrogen-bond acceptors (Lipinski definition) is 2. The summed E-state index contributed by atoms with van der Waals surface area (Å²) in [5, 5.41) is 2.42. The highest BCUT2D eigenvalue weighted by Gasteiger charge is 2.14. The Morgan fingerprint density at radius 1 is 1.10 bits per heavy atom. The number of ether oxygens (including phenoxy) is 1. The molecule has 0 saturated heterocycles. The minimum atomic E-state index is 0.240. The maximum absolute atomic E-state index is 5.92. The summed E-state index contributed by atoms with van der Waals surface area (Å²) in [6.45, 7) is 5.92. The van der Waals surface area contributed by atoms with E-state index in [1.165, 1.54) is 10.8 Å². The Hall–Kier alpha value is -1.06. The molecule has 0 radical (unpaired) electrons. The first kappa shape index (κ1) is 16.3. The van der Waals surface area contributed by atoms with Gasteiger partial charge in [-0.3, -0.25) is 0 Å². The summed E-state index contributed by atoms with van der Waals surface area (Å²) in [6.07, 6.45) is 3.35. The van der Waals surface area contributed by atoms with Gasteiger partial charge in [0.25, 0.3) is 0 Å². The summed E-state index contributed by atoms with van der Waals surface area (Å²) in [5.41, 5.74) is 5.99. The van der Waals surface area contributed by atoms with Crippen molar-refractivity contribution in [3.05, 3.63) is 40.9 Å². The van der Waals surface area contributed by atoms with Crippen LogP contribution in [0.1, 0.15) is 33.1 Å². The number of halogens is 1. The molecule has 0 bridgehead atoms. The Morgan fingerprint density at radius 2 is 1.86 bits per heavy atom. The summed E-state index contributed by atoms with van der Waals surface area (Å²) in [6, 6.07) is 12.5. The van der Waals surface area contributed by atoms with Crippen LogP contribution in [0.25, 0.3) is 10.8 Å². The molecule has 2 rings (SSSR count). The van der Waals surface area contributed by atoms with E-state index in [0.29, 0.717) is 0 Å². The summed E-state index contributed by atoms with van der Waals surface area (Å²) in [5.74, 6) is 0.923. The molecule has 0 spiro atoms. The van der Waals surface area contributed by atoms with Crippen LogP contribution >= 0.6 is 15.9 Å². The molecule has 0 amide bonds. The van der Waals surface area contributed by atoms with Gasteiger partial charge in [-0.2, -0.15) is 0 Å². The zero-order chi connectivity index (χ0) is 15.3. The Labute approximate surface area is 135 Å². The second-order valence-electron chi connectivity index (χ2n) is 6.27. The fourth-order valence-corrected chi connectivity index (χ4v) is 2.92. The molecule has 2 aromatic carbocycles. The lowest BCUT2D eigenvalue weighted by Gasteiger charge is -2.21. The van der Waals surface area contributed by atoms with Gasteiger partial charge in [0.05, 0.1) is 11.1 Å². The van der Waals surface area contributed by atoms with Crippen molar-refractivity contribution >= 4 is 26.7 Å². The number of hydrogen-bond donors (Lipinski definition) is 1. The lowest BCUT2D eigenvalue weighted by atomic mass is 9.87. The van der Waals surface area contributed by atoms with Gasteiger partial charge in [-0.25, -0.2) is 0 Å². The first-order chi connectivity index (χ1) is 10.0. The van der Waals surface area contributed by atoms with Crippen LogP contribution in [0.2, 0.25) is 0 Å². The van der Waals surface area contributed by atoms with E-state index in [0.717, 1.165) is 42.6 Å². The van der Waals surface area contributed by atoms with Gasteiger partial charge in [0.2, 0.25) is 0 Å². The second kappa shape index (κ2) is 7.28. The fourth-order valence-electron chi connectivity index (χ4n) is 2.31. The van der Waals surface area contributed by atoms with Crippen LogP contribution in [0.3, 0.4) is 0 Å². The molecule has 0 aliphatic rings. The lowest BCUT2D eigenvalue weighted by molar-refractivity contribution is 0.278. The Kier molecular flexibility index (Phi) is 5.65. The molecule has 0 aliphatic carbocycles. The number of benzene rings is 2. The predicted molar refractivity (Wildman–Crippen MR) is 93.8 cm³/mol. The molecule has 0 aromatic heterocycles. The van der Waals surface area contributed by atoms with Gasteiger partial charge in [0, 0.05) is 0 Å². The van der Waals surface area contributed by atoms with E-state index in [1.807, 2.05) is 12.1 Å². The SMILES string of the molecule is CC(C)(CN)CCCCOc1ccc2ccccc2c1Br. The third-order valence-corrected chi connectivity index (χ3v) is 4.70. The highest BCUT2D eigenvalue weighted by molar-refractivity contribution is 9.10. The summed E-state index contributed by atoms with van der Waals surface area (Å²) in [4.78, 5) is 0. The molecular formula is C18H24BrNO. The van der Waals surface area contributed by atoms with Crippen molar-refractivity contribution in [2.45, 2.75) is 33.1 Å². The maximum atomic E-state index is 5.92. The van der Waals surface area contributed by atoms with Crippen LogP contribution in [-0.2, 0) is 0 Å². The first-order valence-electron chi connectivity index (χ1n) is 7.54. The van der Waals surface area contributed by atoms with Gasteiger partial charge in [-0.1, -0.05) is 44.2 Å². The average Bonchev–Trinajstić information content (AvgIpc) is 2.49. The highest BCUT2D eigenvalue weighted by atomic mass is 79.9. The Morgan fingerprint density at radius 3 is 2.62 bits per heavy atom. The molecule has 2 aromatic rings. The van der Waals surface area contributed by atoms with Gasteiger partial charge < -0.3 is 10.5 Å². The van der Waals surface area contributed by atoms with E-state index < -0.39 is 0 Å². The standard InChI is InChI=1S/C18H24BrNO/c1-18(2,13-20)11-5-6-12-21-16-10-9-14-7-3-4-8-15(14)17(16)19/h3-4,7-10H,5-6,11-13,20H2,1-2H3. The third kappa shape index (κ3) is 4.45. The van der Waals surface area contributed by atoms with Crippen molar-refractivity contribution in [3.63, 3.8) is 0 Å². The maximum Gasteiger partial charge on any atom is 0.134 e. The normalized spacial score (nSPS) is 11.8. The van der Waals surface area contributed by atoms with Crippen molar-refractivity contribution in [1.29, 1.82) is 0 Å². The van der Waals surface area contributed by atoms with E-state index in [1.54, 1.807) is 0 Å². The molecule has 0 atom stereocenters. The zero-order valence-electron chi connectivity index (χ0n) is 12.9. The molecule has 3 heteroatoms. The van der Waals surface area contributed by atoms with Crippen LogP contribution in [0.5, 0.6) is 5.75 Å². The predicted octanol–water partition coefficient (Wildman–Crippen LogP) is 5.14. The zero-order valence-corrected chi connectivity index (χ0v) is 14.4. The van der Waals surface area contributed by atoms with Crippen molar-refractivity contribution in [1.82, 2.24) is 0 Å². The van der Waals surface area contributed by atoms with E-state index in [4.69, 9.17) is 10.5 Å².